The summed E-state index contributed by atoms with van der Waals surface area (Å²) < 4.78 is 5.25. The monoisotopic (exact) mass is 399 g/mol. The highest BCUT2D eigenvalue weighted by Crippen LogP contribution is 2.19. The highest BCUT2D eigenvalue weighted by atomic mass is 16.5. The zero-order valence-electron chi connectivity index (χ0n) is 16.6. The molecule has 0 spiro atoms. The topological polar surface area (TPSA) is 83.3 Å². The number of nitriles is 1. The van der Waals surface area contributed by atoms with Crippen molar-refractivity contribution < 1.29 is 14.3 Å². The minimum Gasteiger partial charge on any atom is -0.452 e. The van der Waals surface area contributed by atoms with Crippen LogP contribution in [0.5, 0.6) is 0 Å². The first-order valence-corrected chi connectivity index (χ1v) is 9.52. The number of anilines is 1. The lowest BCUT2D eigenvalue weighted by molar-refractivity contribution is -0.121. The van der Waals surface area contributed by atoms with E-state index in [9.17, 15) is 9.59 Å². The number of para-hydroxylation sites is 1. The van der Waals surface area contributed by atoms with Crippen LogP contribution in [-0.2, 0) is 9.53 Å². The lowest BCUT2D eigenvalue weighted by Gasteiger charge is -2.21. The Hall–Kier alpha value is -3.98. The van der Waals surface area contributed by atoms with E-state index in [0.717, 1.165) is 11.3 Å². The summed E-state index contributed by atoms with van der Waals surface area (Å²) in [5.41, 5.74) is 3.20. The summed E-state index contributed by atoms with van der Waals surface area (Å²) in [5.74, 6) is -1.00. The van der Waals surface area contributed by atoms with E-state index in [1.54, 1.807) is 43.3 Å². The number of esters is 1. The van der Waals surface area contributed by atoms with Gasteiger partial charge in [0, 0.05) is 17.8 Å². The number of benzene rings is 2. The van der Waals surface area contributed by atoms with Crippen LogP contribution in [0.4, 0.5) is 5.69 Å². The molecule has 6 heteroatoms. The van der Waals surface area contributed by atoms with Crippen LogP contribution in [0.1, 0.15) is 22.5 Å². The second-order valence-electron chi connectivity index (χ2n) is 6.56. The molecule has 0 aliphatic rings. The lowest BCUT2D eigenvalue weighted by Crippen LogP contribution is -2.35. The van der Waals surface area contributed by atoms with Crippen molar-refractivity contribution in [2.75, 3.05) is 18.1 Å². The number of pyridine rings is 1. The summed E-state index contributed by atoms with van der Waals surface area (Å²) in [4.78, 5) is 31.1. The van der Waals surface area contributed by atoms with Crippen LogP contribution in [0.3, 0.4) is 0 Å². The molecule has 3 aromatic rings. The van der Waals surface area contributed by atoms with Gasteiger partial charge in [0.2, 0.25) is 0 Å². The number of aromatic nitrogens is 1. The molecule has 0 aliphatic heterocycles. The zero-order chi connectivity index (χ0) is 21.3. The molecule has 0 bridgehead atoms. The largest absolute Gasteiger partial charge is 0.452 e. The fraction of sp³-hybridized carbons (Fsp3) is 0.167. The number of hydrogen-bond donors (Lipinski definition) is 0. The second-order valence-corrected chi connectivity index (χ2v) is 6.56. The number of rotatable bonds is 7. The molecule has 0 unspecified atom stereocenters. The molecule has 0 saturated heterocycles. The van der Waals surface area contributed by atoms with Crippen molar-refractivity contribution in [3.05, 3.63) is 84.1 Å². The fourth-order valence-corrected chi connectivity index (χ4v) is 3.00. The van der Waals surface area contributed by atoms with Crippen LogP contribution >= 0.6 is 0 Å². The lowest BCUT2D eigenvalue weighted by atomic mass is 10.1. The minimum absolute atomic E-state index is 0.179. The van der Waals surface area contributed by atoms with E-state index in [1.807, 2.05) is 42.5 Å². The van der Waals surface area contributed by atoms with Gasteiger partial charge in [0.1, 0.15) is 0 Å². The minimum atomic E-state index is -0.610. The van der Waals surface area contributed by atoms with Gasteiger partial charge in [0.05, 0.1) is 29.4 Å². The van der Waals surface area contributed by atoms with Gasteiger partial charge in [-0.15, -0.1) is 0 Å². The molecule has 0 fully saturated rings. The maximum absolute atomic E-state index is 12.6. The standard InChI is InChI=1S/C24H21N3O3/c1-18-21(13-14-22(26-18)19-9-4-2-5-10-19)24(29)30-17-23(28)27(16-8-15-25)20-11-6-3-7-12-20/h2-7,9-14H,8,16-17H2,1H3. The number of carbonyl (C=O) groups excluding carboxylic acids is 2. The molecule has 0 atom stereocenters. The number of aryl methyl sites for hydroxylation is 1. The van der Waals surface area contributed by atoms with Gasteiger partial charge < -0.3 is 9.64 Å². The van der Waals surface area contributed by atoms with Gasteiger partial charge in [0.15, 0.2) is 6.61 Å². The molecular formula is C24H21N3O3. The third kappa shape index (κ3) is 5.09. The summed E-state index contributed by atoms with van der Waals surface area (Å²) in [7, 11) is 0. The van der Waals surface area contributed by atoms with Gasteiger partial charge in [-0.3, -0.25) is 9.78 Å². The molecule has 1 amide bonds. The van der Waals surface area contributed by atoms with E-state index in [0.29, 0.717) is 16.9 Å². The van der Waals surface area contributed by atoms with Gasteiger partial charge in [0.25, 0.3) is 5.91 Å². The Morgan fingerprint density at radius 2 is 1.67 bits per heavy atom. The Kier molecular flexibility index (Phi) is 6.91. The van der Waals surface area contributed by atoms with Crippen molar-refractivity contribution >= 4 is 17.6 Å². The molecule has 0 N–H and O–H groups in total. The SMILES string of the molecule is Cc1nc(-c2ccccc2)ccc1C(=O)OCC(=O)N(CCC#N)c1ccccc1. The van der Waals surface area contributed by atoms with E-state index in [4.69, 9.17) is 10.00 Å². The molecule has 30 heavy (non-hydrogen) atoms. The number of hydrogen-bond acceptors (Lipinski definition) is 5. The average molecular weight is 399 g/mol. The number of carbonyl (C=O) groups is 2. The van der Waals surface area contributed by atoms with Crippen LogP contribution in [0.2, 0.25) is 0 Å². The van der Waals surface area contributed by atoms with Gasteiger partial charge in [-0.05, 0) is 31.2 Å². The van der Waals surface area contributed by atoms with Gasteiger partial charge in [-0.25, -0.2) is 4.79 Å². The van der Waals surface area contributed by atoms with Gasteiger partial charge >= 0.3 is 5.97 Å². The molecule has 1 aromatic heterocycles. The predicted molar refractivity (Wildman–Crippen MR) is 114 cm³/mol. The Labute approximate surface area is 175 Å². The summed E-state index contributed by atoms with van der Waals surface area (Å²) in [6, 6.07) is 24.1. The molecule has 2 aromatic carbocycles. The number of amides is 1. The molecular weight excluding hydrogens is 378 g/mol. The summed E-state index contributed by atoms with van der Waals surface area (Å²) in [6.07, 6.45) is 0.179. The molecule has 0 saturated carbocycles. The normalized spacial score (nSPS) is 10.1. The number of nitrogens with zero attached hydrogens (tertiary/aromatic N) is 3. The first-order chi connectivity index (χ1) is 14.6. The van der Waals surface area contributed by atoms with E-state index in [-0.39, 0.29) is 13.0 Å². The van der Waals surface area contributed by atoms with Crippen LogP contribution in [0, 0.1) is 18.3 Å². The number of ether oxygens (including phenoxy) is 1. The Balaban J connectivity index is 1.68. The predicted octanol–water partition coefficient (Wildman–Crippen LogP) is 4.16. The average Bonchev–Trinajstić information content (AvgIpc) is 2.79. The maximum atomic E-state index is 12.6. The van der Waals surface area contributed by atoms with E-state index < -0.39 is 18.5 Å². The zero-order valence-corrected chi connectivity index (χ0v) is 16.6. The van der Waals surface area contributed by atoms with Crippen LogP contribution in [-0.4, -0.2) is 30.0 Å². The van der Waals surface area contributed by atoms with Crippen molar-refractivity contribution in [1.29, 1.82) is 5.26 Å². The summed E-state index contributed by atoms with van der Waals surface area (Å²) >= 11 is 0. The Morgan fingerprint density at radius 1 is 1.00 bits per heavy atom. The van der Waals surface area contributed by atoms with Crippen molar-refractivity contribution in [2.45, 2.75) is 13.3 Å². The highest BCUT2D eigenvalue weighted by molar-refractivity contribution is 5.97. The quantitative estimate of drug-likeness (QED) is 0.557. The van der Waals surface area contributed by atoms with Crippen molar-refractivity contribution in [2.24, 2.45) is 0 Å². The fourth-order valence-electron chi connectivity index (χ4n) is 3.00. The smallest absolute Gasteiger partial charge is 0.340 e. The van der Waals surface area contributed by atoms with Crippen molar-refractivity contribution in [3.8, 4) is 17.3 Å². The first kappa shape index (κ1) is 20.7. The molecule has 1 heterocycles. The summed E-state index contributed by atoms with van der Waals surface area (Å²) in [5, 5.41) is 8.87. The van der Waals surface area contributed by atoms with Crippen LogP contribution in [0.25, 0.3) is 11.3 Å². The second kappa shape index (κ2) is 9.99. The van der Waals surface area contributed by atoms with E-state index in [2.05, 4.69) is 4.98 Å². The maximum Gasteiger partial charge on any atom is 0.340 e. The van der Waals surface area contributed by atoms with Crippen LogP contribution < -0.4 is 4.90 Å². The summed E-state index contributed by atoms with van der Waals surface area (Å²) in [6.45, 7) is 1.54. The molecule has 0 aliphatic carbocycles. The van der Waals surface area contributed by atoms with Crippen LogP contribution in [0.15, 0.2) is 72.8 Å². The third-order valence-corrected chi connectivity index (χ3v) is 4.52. The first-order valence-electron chi connectivity index (χ1n) is 9.52. The third-order valence-electron chi connectivity index (χ3n) is 4.52. The van der Waals surface area contributed by atoms with Crippen molar-refractivity contribution in [1.82, 2.24) is 4.98 Å². The van der Waals surface area contributed by atoms with Crippen molar-refractivity contribution in [3.63, 3.8) is 0 Å². The molecule has 0 radical (unpaired) electrons. The van der Waals surface area contributed by atoms with E-state index >= 15 is 0 Å². The van der Waals surface area contributed by atoms with Gasteiger partial charge in [-0.2, -0.15) is 5.26 Å². The molecule has 150 valence electrons. The molecule has 6 nitrogen and oxygen atoms in total. The Morgan fingerprint density at radius 3 is 2.30 bits per heavy atom. The Bertz CT molecular complexity index is 1060. The van der Waals surface area contributed by atoms with Gasteiger partial charge in [-0.1, -0.05) is 48.5 Å². The molecule has 3 rings (SSSR count). The van der Waals surface area contributed by atoms with E-state index in [1.165, 1.54) is 4.90 Å². The highest BCUT2D eigenvalue weighted by Gasteiger charge is 2.19.